The maximum absolute atomic E-state index is 12.3. The molecule has 0 N–H and O–H groups in total. The van der Waals surface area contributed by atoms with Crippen LogP contribution in [0.3, 0.4) is 0 Å². The number of hydrogen-bond acceptors (Lipinski definition) is 7. The number of carbonyl (C=O) groups excluding carboxylic acids is 1. The molecule has 0 bridgehead atoms. The zero-order valence-electron chi connectivity index (χ0n) is 21.4. The summed E-state index contributed by atoms with van der Waals surface area (Å²) in [4.78, 5) is 12.3. The molecule has 0 aromatic carbocycles. The summed E-state index contributed by atoms with van der Waals surface area (Å²) >= 11 is 0. The Morgan fingerprint density at radius 2 is 1.21 bits per heavy atom. The van der Waals surface area contributed by atoms with E-state index in [9.17, 15) is 4.79 Å². The van der Waals surface area contributed by atoms with Gasteiger partial charge in [-0.05, 0) is 34.1 Å². The van der Waals surface area contributed by atoms with E-state index < -0.39 is 24.0 Å². The van der Waals surface area contributed by atoms with Crippen LogP contribution >= 0.6 is 0 Å². The van der Waals surface area contributed by atoms with Crippen LogP contribution in [0.4, 0.5) is 0 Å². The van der Waals surface area contributed by atoms with E-state index in [0.717, 1.165) is 12.8 Å². The molecular formula is C26H46O7. The molecule has 0 amide bonds. The number of unbranched alkanes of at least 4 members (excludes halogenated alkanes) is 10. The van der Waals surface area contributed by atoms with E-state index >= 15 is 0 Å². The molecule has 0 spiro atoms. The normalized spacial score (nSPS) is 31.8. The molecule has 7 heteroatoms. The van der Waals surface area contributed by atoms with E-state index in [2.05, 4.69) is 6.92 Å². The minimum absolute atomic E-state index is 0.129. The summed E-state index contributed by atoms with van der Waals surface area (Å²) in [5, 5.41) is 0. The standard InChI is InChI=1S/C26H46O7/c1-6-7-8-9-10-11-12-13-14-15-16-17-20(27)28-18-19-21-22(31-25(2,3)30-21)23-24(29-19)33-26(4,5)32-23/h19,21-24H,6-18H2,1-5H3/t19-,21+,22+,23-,24-/m1/s1. The molecule has 3 fully saturated rings. The number of esters is 1. The van der Waals surface area contributed by atoms with Crippen LogP contribution in [-0.4, -0.2) is 54.9 Å². The number of carbonyl (C=O) groups is 1. The Kier molecular flexibility index (Phi) is 10.0. The molecule has 0 unspecified atom stereocenters. The van der Waals surface area contributed by atoms with Crippen molar-refractivity contribution in [2.45, 2.75) is 154 Å². The molecule has 0 aliphatic carbocycles. The summed E-state index contributed by atoms with van der Waals surface area (Å²) in [7, 11) is 0. The second kappa shape index (κ2) is 12.3. The zero-order chi connectivity index (χ0) is 23.9. The van der Waals surface area contributed by atoms with E-state index in [1.807, 2.05) is 27.7 Å². The molecule has 0 radical (unpaired) electrons. The van der Waals surface area contributed by atoms with E-state index in [1.54, 1.807) is 0 Å². The van der Waals surface area contributed by atoms with Crippen LogP contribution in [0, 0.1) is 0 Å². The largest absolute Gasteiger partial charge is 0.463 e. The Labute approximate surface area is 200 Å². The molecule has 33 heavy (non-hydrogen) atoms. The summed E-state index contributed by atoms with van der Waals surface area (Å²) in [6.45, 7) is 9.84. The van der Waals surface area contributed by atoms with Crippen molar-refractivity contribution >= 4 is 5.97 Å². The van der Waals surface area contributed by atoms with E-state index in [-0.39, 0.29) is 30.9 Å². The van der Waals surface area contributed by atoms with Gasteiger partial charge in [-0.3, -0.25) is 4.79 Å². The zero-order valence-corrected chi connectivity index (χ0v) is 21.4. The average Bonchev–Trinajstić information content (AvgIpc) is 3.24. The third-order valence-electron chi connectivity index (χ3n) is 6.64. The number of rotatable bonds is 14. The first-order chi connectivity index (χ1) is 15.7. The van der Waals surface area contributed by atoms with Crippen molar-refractivity contribution in [2.75, 3.05) is 6.61 Å². The maximum Gasteiger partial charge on any atom is 0.305 e. The van der Waals surface area contributed by atoms with E-state index in [4.69, 9.17) is 28.4 Å². The lowest BCUT2D eigenvalue weighted by atomic mass is 9.99. The van der Waals surface area contributed by atoms with Gasteiger partial charge < -0.3 is 28.4 Å². The van der Waals surface area contributed by atoms with Crippen molar-refractivity contribution < 1.29 is 33.2 Å². The molecule has 192 valence electrons. The fraction of sp³-hybridized carbons (Fsp3) is 0.962. The topological polar surface area (TPSA) is 72.5 Å². The quantitative estimate of drug-likeness (QED) is 0.241. The minimum Gasteiger partial charge on any atom is -0.463 e. The van der Waals surface area contributed by atoms with Crippen LogP contribution < -0.4 is 0 Å². The van der Waals surface area contributed by atoms with Crippen LogP contribution in [0.25, 0.3) is 0 Å². The predicted molar refractivity (Wildman–Crippen MR) is 125 cm³/mol. The van der Waals surface area contributed by atoms with Crippen molar-refractivity contribution in [3.63, 3.8) is 0 Å². The summed E-state index contributed by atoms with van der Waals surface area (Å²) in [5.41, 5.74) is 0. The predicted octanol–water partition coefficient (Wildman–Crippen LogP) is 5.63. The Hall–Kier alpha value is -0.730. The number of hydrogen-bond donors (Lipinski definition) is 0. The monoisotopic (exact) mass is 470 g/mol. The highest BCUT2D eigenvalue weighted by molar-refractivity contribution is 5.69. The molecule has 3 aliphatic heterocycles. The van der Waals surface area contributed by atoms with Crippen molar-refractivity contribution in [3.05, 3.63) is 0 Å². The van der Waals surface area contributed by atoms with Gasteiger partial charge >= 0.3 is 5.97 Å². The smallest absolute Gasteiger partial charge is 0.305 e. The Balaban J connectivity index is 1.30. The lowest BCUT2D eigenvalue weighted by Crippen LogP contribution is -2.56. The first kappa shape index (κ1) is 26.9. The average molecular weight is 471 g/mol. The van der Waals surface area contributed by atoms with E-state index in [1.165, 1.54) is 57.8 Å². The van der Waals surface area contributed by atoms with Gasteiger partial charge in [0.15, 0.2) is 17.9 Å². The van der Waals surface area contributed by atoms with Crippen molar-refractivity contribution in [1.29, 1.82) is 0 Å². The van der Waals surface area contributed by atoms with Crippen LogP contribution in [0.5, 0.6) is 0 Å². The number of ether oxygens (including phenoxy) is 6. The Morgan fingerprint density at radius 3 is 1.85 bits per heavy atom. The third kappa shape index (κ3) is 8.17. The molecule has 0 aromatic heterocycles. The minimum atomic E-state index is -0.753. The highest BCUT2D eigenvalue weighted by Gasteiger charge is 2.60. The third-order valence-corrected chi connectivity index (χ3v) is 6.64. The molecule has 5 atom stereocenters. The fourth-order valence-electron chi connectivity index (χ4n) is 5.01. The highest BCUT2D eigenvalue weighted by atomic mass is 16.9. The molecule has 3 aliphatic rings. The van der Waals surface area contributed by atoms with Crippen molar-refractivity contribution in [2.24, 2.45) is 0 Å². The van der Waals surface area contributed by atoms with E-state index in [0.29, 0.717) is 6.42 Å². The van der Waals surface area contributed by atoms with Gasteiger partial charge in [-0.2, -0.15) is 0 Å². The summed E-state index contributed by atoms with van der Waals surface area (Å²) in [5.74, 6) is -1.69. The van der Waals surface area contributed by atoms with Gasteiger partial charge in [0, 0.05) is 6.42 Å². The first-order valence-electron chi connectivity index (χ1n) is 13.2. The molecule has 3 rings (SSSR count). The number of fused-ring (bicyclic) bond motifs is 3. The maximum atomic E-state index is 12.3. The summed E-state index contributed by atoms with van der Waals surface area (Å²) in [6, 6.07) is 0. The molecule has 7 nitrogen and oxygen atoms in total. The van der Waals surface area contributed by atoms with Crippen LogP contribution in [0.1, 0.15) is 112 Å². The lowest BCUT2D eigenvalue weighted by molar-refractivity contribution is -0.242. The SMILES string of the molecule is CCCCCCCCCCCCCC(=O)OC[C@H]1O[C@@H]2OC(C)(C)O[C@@H]2[C@H]2OC(C)(C)O[C@H]21. The second-order valence-electron chi connectivity index (χ2n) is 10.7. The Morgan fingerprint density at radius 1 is 0.697 bits per heavy atom. The van der Waals surface area contributed by atoms with Crippen LogP contribution in [-0.2, 0) is 33.2 Å². The van der Waals surface area contributed by atoms with Crippen LogP contribution in [0.2, 0.25) is 0 Å². The van der Waals surface area contributed by atoms with Crippen LogP contribution in [0.15, 0.2) is 0 Å². The van der Waals surface area contributed by atoms with Crippen molar-refractivity contribution in [1.82, 2.24) is 0 Å². The highest BCUT2D eigenvalue weighted by Crippen LogP contribution is 2.44. The molecule has 0 aromatic rings. The first-order valence-corrected chi connectivity index (χ1v) is 13.2. The van der Waals surface area contributed by atoms with Gasteiger partial charge in [0.1, 0.15) is 31.0 Å². The van der Waals surface area contributed by atoms with Gasteiger partial charge in [0.2, 0.25) is 0 Å². The molecule has 3 saturated heterocycles. The Bertz CT molecular complexity index is 605. The summed E-state index contributed by atoms with van der Waals surface area (Å²) < 4.78 is 35.7. The van der Waals surface area contributed by atoms with Gasteiger partial charge in [-0.25, -0.2) is 0 Å². The van der Waals surface area contributed by atoms with Gasteiger partial charge in [0.25, 0.3) is 0 Å². The molecule has 3 heterocycles. The second-order valence-corrected chi connectivity index (χ2v) is 10.7. The van der Waals surface area contributed by atoms with Crippen molar-refractivity contribution in [3.8, 4) is 0 Å². The van der Waals surface area contributed by atoms with Gasteiger partial charge in [0.05, 0.1) is 0 Å². The molecule has 0 saturated carbocycles. The molecular weight excluding hydrogens is 424 g/mol. The van der Waals surface area contributed by atoms with Gasteiger partial charge in [-0.15, -0.1) is 0 Å². The fourth-order valence-corrected chi connectivity index (χ4v) is 5.01. The summed E-state index contributed by atoms with van der Waals surface area (Å²) in [6.07, 6.45) is 12.2. The van der Waals surface area contributed by atoms with Gasteiger partial charge in [-0.1, -0.05) is 71.1 Å². The lowest BCUT2D eigenvalue weighted by Gasteiger charge is -2.36.